The number of hydrogen-bond donors (Lipinski definition) is 0. The maximum atomic E-state index is 11.3. The van der Waals surface area contributed by atoms with E-state index in [1.807, 2.05) is 24.3 Å². The Morgan fingerprint density at radius 1 is 1.43 bits per heavy atom. The van der Waals surface area contributed by atoms with Gasteiger partial charge in [-0.05, 0) is 19.1 Å². The number of nitrogens with zero attached hydrogens (tertiary/aromatic N) is 4. The second-order valence-electron chi connectivity index (χ2n) is 5.52. The van der Waals surface area contributed by atoms with Crippen molar-refractivity contribution in [1.29, 1.82) is 0 Å². The van der Waals surface area contributed by atoms with Gasteiger partial charge in [0.05, 0.1) is 11.5 Å². The molecule has 0 aliphatic carbocycles. The van der Waals surface area contributed by atoms with Crippen LogP contribution >= 0.6 is 0 Å². The van der Waals surface area contributed by atoms with Crippen molar-refractivity contribution in [2.45, 2.75) is 13.0 Å². The number of ether oxygens (including phenoxy) is 2. The fourth-order valence-corrected chi connectivity index (χ4v) is 2.82. The minimum Gasteiger partial charge on any atom is -0.486 e. The average Bonchev–Trinajstić information content (AvgIpc) is 2.81. The Balaban J connectivity index is 1.78. The number of anilines is 1. The minimum atomic E-state index is -0.401. The van der Waals surface area contributed by atoms with E-state index in [1.165, 1.54) is 4.68 Å². The van der Waals surface area contributed by atoms with E-state index in [0.717, 1.165) is 0 Å². The van der Waals surface area contributed by atoms with Gasteiger partial charge < -0.3 is 14.4 Å². The van der Waals surface area contributed by atoms with E-state index in [4.69, 9.17) is 9.47 Å². The third-order valence-electron chi connectivity index (χ3n) is 3.75. The molecule has 3 rings (SSSR count). The Kier molecular flexibility index (Phi) is 3.81. The second kappa shape index (κ2) is 5.79. The molecule has 0 bridgehead atoms. The van der Waals surface area contributed by atoms with Crippen LogP contribution in [0.2, 0.25) is 0 Å². The smallest absolute Gasteiger partial charge is 0.333 e. The molecule has 8 nitrogen and oxygen atoms in total. The average molecular weight is 318 g/mol. The normalized spacial score (nSPS) is 16.2. The maximum absolute atomic E-state index is 11.3. The van der Waals surface area contributed by atoms with Crippen molar-refractivity contribution in [1.82, 2.24) is 9.78 Å². The van der Waals surface area contributed by atoms with Crippen LogP contribution in [0.5, 0.6) is 11.5 Å². The number of rotatable bonds is 4. The van der Waals surface area contributed by atoms with E-state index in [-0.39, 0.29) is 11.8 Å². The number of hydrogen-bond acceptors (Lipinski definition) is 6. The SMILES string of the molecule is Cc1nn(C)c(N(C)C[C@@H]2COc3ccccc3O2)c1[N+](=O)[O-]. The highest BCUT2D eigenvalue weighted by atomic mass is 16.6. The van der Waals surface area contributed by atoms with Crippen molar-refractivity contribution in [3.8, 4) is 11.5 Å². The lowest BCUT2D eigenvalue weighted by atomic mass is 10.2. The lowest BCUT2D eigenvalue weighted by Crippen LogP contribution is -2.40. The zero-order valence-corrected chi connectivity index (χ0v) is 13.2. The van der Waals surface area contributed by atoms with Gasteiger partial charge in [0.2, 0.25) is 5.82 Å². The monoisotopic (exact) mass is 318 g/mol. The van der Waals surface area contributed by atoms with Crippen molar-refractivity contribution in [2.24, 2.45) is 7.05 Å². The van der Waals surface area contributed by atoms with Crippen LogP contribution in [0.15, 0.2) is 24.3 Å². The van der Waals surface area contributed by atoms with Crippen LogP contribution in [0.4, 0.5) is 11.5 Å². The van der Waals surface area contributed by atoms with Crippen molar-refractivity contribution in [3.63, 3.8) is 0 Å². The fraction of sp³-hybridized carbons (Fsp3) is 0.400. The van der Waals surface area contributed by atoms with Gasteiger partial charge in [-0.15, -0.1) is 0 Å². The topological polar surface area (TPSA) is 82.7 Å². The molecule has 0 saturated heterocycles. The van der Waals surface area contributed by atoms with E-state index in [2.05, 4.69) is 5.10 Å². The minimum absolute atomic E-state index is 0.0205. The number of aryl methyl sites for hydroxylation is 2. The van der Waals surface area contributed by atoms with Crippen LogP contribution in [-0.4, -0.2) is 41.0 Å². The Labute approximate surface area is 133 Å². The summed E-state index contributed by atoms with van der Waals surface area (Å²) in [5.74, 6) is 1.86. The van der Waals surface area contributed by atoms with Crippen LogP contribution < -0.4 is 14.4 Å². The van der Waals surface area contributed by atoms with Crippen LogP contribution in [0.25, 0.3) is 0 Å². The predicted octanol–water partition coefficient (Wildman–Crippen LogP) is 1.91. The molecule has 0 spiro atoms. The van der Waals surface area contributed by atoms with E-state index in [0.29, 0.717) is 36.2 Å². The van der Waals surface area contributed by atoms with Crippen molar-refractivity contribution < 1.29 is 14.4 Å². The molecule has 1 aliphatic rings. The molecule has 0 saturated carbocycles. The molecule has 0 N–H and O–H groups in total. The molecule has 1 aromatic heterocycles. The standard InChI is InChI=1S/C15H18N4O4/c1-10-14(19(20)21)15(18(3)16-10)17(2)8-11-9-22-12-6-4-5-7-13(12)23-11/h4-7,11H,8-9H2,1-3H3/t11-/m1/s1. The molecule has 8 heteroatoms. The van der Waals surface area contributed by atoms with Crippen molar-refractivity contribution >= 4 is 11.5 Å². The number of benzene rings is 1. The summed E-state index contributed by atoms with van der Waals surface area (Å²) < 4.78 is 13.1. The summed E-state index contributed by atoms with van der Waals surface area (Å²) in [6.45, 7) is 2.48. The van der Waals surface area contributed by atoms with Crippen LogP contribution in [0, 0.1) is 17.0 Å². The first-order valence-electron chi connectivity index (χ1n) is 7.25. The number of nitro groups is 1. The molecule has 0 unspecified atom stereocenters. The summed E-state index contributed by atoms with van der Waals surface area (Å²) in [4.78, 5) is 12.7. The van der Waals surface area contributed by atoms with Gasteiger partial charge in [-0.1, -0.05) is 12.1 Å². The first kappa shape index (κ1) is 15.1. The summed E-state index contributed by atoms with van der Waals surface area (Å²) in [7, 11) is 3.48. The summed E-state index contributed by atoms with van der Waals surface area (Å²) >= 11 is 0. The molecule has 0 amide bonds. The van der Waals surface area contributed by atoms with Crippen LogP contribution in [-0.2, 0) is 7.05 Å². The highest BCUT2D eigenvalue weighted by Crippen LogP contribution is 2.33. The molecular weight excluding hydrogens is 300 g/mol. The molecule has 1 aromatic carbocycles. The summed E-state index contributed by atoms with van der Waals surface area (Å²) in [6, 6.07) is 7.46. The molecule has 0 radical (unpaired) electrons. The zero-order valence-electron chi connectivity index (χ0n) is 13.2. The third kappa shape index (κ3) is 2.79. The lowest BCUT2D eigenvalue weighted by Gasteiger charge is -2.30. The number of para-hydroxylation sites is 2. The second-order valence-corrected chi connectivity index (χ2v) is 5.52. The van der Waals surface area contributed by atoms with Gasteiger partial charge in [0.15, 0.2) is 17.6 Å². The molecule has 0 fully saturated rings. The van der Waals surface area contributed by atoms with Crippen molar-refractivity contribution in [3.05, 3.63) is 40.1 Å². The molecule has 2 heterocycles. The summed E-state index contributed by atoms with van der Waals surface area (Å²) in [5, 5.41) is 15.4. The molecular formula is C15H18N4O4. The fourth-order valence-electron chi connectivity index (χ4n) is 2.82. The van der Waals surface area contributed by atoms with Gasteiger partial charge in [-0.25, -0.2) is 4.68 Å². The number of likely N-dealkylation sites (N-methyl/N-ethyl adjacent to an activating group) is 1. The zero-order chi connectivity index (χ0) is 16.6. The maximum Gasteiger partial charge on any atom is 0.333 e. The third-order valence-corrected chi connectivity index (χ3v) is 3.75. The Hall–Kier alpha value is -2.77. The lowest BCUT2D eigenvalue weighted by molar-refractivity contribution is -0.384. The van der Waals surface area contributed by atoms with E-state index >= 15 is 0 Å². The van der Waals surface area contributed by atoms with Gasteiger partial charge in [0.25, 0.3) is 0 Å². The summed E-state index contributed by atoms with van der Waals surface area (Å²) in [6.07, 6.45) is -0.218. The Morgan fingerprint density at radius 3 is 2.83 bits per heavy atom. The quantitative estimate of drug-likeness (QED) is 0.632. The molecule has 1 atom stereocenters. The van der Waals surface area contributed by atoms with E-state index < -0.39 is 4.92 Å². The number of fused-ring (bicyclic) bond motifs is 1. The Bertz CT molecular complexity index is 743. The molecule has 122 valence electrons. The largest absolute Gasteiger partial charge is 0.486 e. The van der Waals surface area contributed by atoms with Crippen molar-refractivity contribution in [2.75, 3.05) is 25.1 Å². The first-order chi connectivity index (χ1) is 11.0. The Morgan fingerprint density at radius 2 is 2.13 bits per heavy atom. The van der Waals surface area contributed by atoms with E-state index in [1.54, 1.807) is 25.9 Å². The molecule has 1 aliphatic heterocycles. The highest BCUT2D eigenvalue weighted by molar-refractivity contribution is 5.61. The van der Waals surface area contributed by atoms with E-state index in [9.17, 15) is 10.1 Å². The van der Waals surface area contributed by atoms with Crippen LogP contribution in [0.1, 0.15) is 5.69 Å². The van der Waals surface area contributed by atoms with Gasteiger partial charge in [0.1, 0.15) is 12.3 Å². The number of aromatic nitrogens is 2. The van der Waals surface area contributed by atoms with Gasteiger partial charge >= 0.3 is 5.69 Å². The molecule has 23 heavy (non-hydrogen) atoms. The highest BCUT2D eigenvalue weighted by Gasteiger charge is 2.29. The van der Waals surface area contributed by atoms with Gasteiger partial charge in [-0.2, -0.15) is 5.10 Å². The van der Waals surface area contributed by atoms with Crippen LogP contribution in [0.3, 0.4) is 0 Å². The van der Waals surface area contributed by atoms with Gasteiger partial charge in [0, 0.05) is 14.1 Å². The predicted molar refractivity (Wildman–Crippen MR) is 84.2 cm³/mol. The van der Waals surface area contributed by atoms with Gasteiger partial charge in [-0.3, -0.25) is 10.1 Å². The first-order valence-corrected chi connectivity index (χ1v) is 7.25. The molecule has 2 aromatic rings. The summed E-state index contributed by atoms with van der Waals surface area (Å²) in [5.41, 5.74) is 0.414.